The Morgan fingerprint density at radius 3 is 0.921 bits per heavy atom. The summed E-state index contributed by atoms with van der Waals surface area (Å²) in [5, 5.41) is 0. The molecule has 2 atom stereocenters. The molecule has 3 aliphatic carbocycles. The summed E-state index contributed by atoms with van der Waals surface area (Å²) >= 11 is 0. The monoisotopic (exact) mass is 1640 g/mol. The predicted octanol–water partition coefficient (Wildman–Crippen LogP) is 33.6. The Morgan fingerprint density at radius 2 is 0.559 bits per heavy atom. The first-order valence-corrected chi connectivity index (χ1v) is 46.5. The zero-order valence-corrected chi connectivity index (χ0v) is 75.2. The Bertz CT molecular complexity index is 6230. The number of rotatable bonds is 28. The quantitative estimate of drug-likeness (QED) is 0.0451. The summed E-state index contributed by atoms with van der Waals surface area (Å²) in [6.45, 7) is 26.7. The van der Waals surface area contributed by atoms with Crippen molar-refractivity contribution in [2.24, 2.45) is 0 Å². The third-order valence-electron chi connectivity index (χ3n) is 28.1. The lowest BCUT2D eigenvalue weighted by Crippen LogP contribution is -2.30. The molecule has 3 aliphatic rings. The van der Waals surface area contributed by atoms with E-state index in [1.54, 1.807) is 0 Å². The van der Waals surface area contributed by atoms with Crippen LogP contribution in [0.4, 0.5) is 34.1 Å². The number of anilines is 6. The molecule has 0 heterocycles. The number of para-hydroxylation sites is 2. The number of aryl methyl sites for hydroxylation is 2. The molecule has 0 N–H and O–H groups in total. The number of hydrogen-bond donors (Lipinski definition) is 0. The highest BCUT2D eigenvalue weighted by Crippen LogP contribution is 2.61. The lowest BCUT2D eigenvalue weighted by molar-refractivity contribution is 0.586. The third kappa shape index (κ3) is 15.4. The Morgan fingerprint density at radius 1 is 0.252 bits per heavy atom. The fraction of sp³-hybridized carbons (Fsp3) is 0.200. The van der Waals surface area contributed by atoms with Crippen molar-refractivity contribution < 1.29 is 0 Å². The maximum Gasteiger partial charge on any atom is 0.0714 e. The van der Waals surface area contributed by atoms with E-state index in [9.17, 15) is 0 Å². The van der Waals surface area contributed by atoms with E-state index in [0.717, 1.165) is 82.1 Å². The van der Waals surface area contributed by atoms with E-state index in [1.165, 1.54) is 185 Å². The van der Waals surface area contributed by atoms with Crippen LogP contribution in [0.15, 0.2) is 389 Å². The van der Waals surface area contributed by atoms with E-state index < -0.39 is 16.2 Å². The van der Waals surface area contributed by atoms with Crippen LogP contribution in [0.1, 0.15) is 207 Å². The van der Waals surface area contributed by atoms with Gasteiger partial charge in [0.2, 0.25) is 0 Å². The molecule has 16 aromatic carbocycles. The molecule has 0 radical (unpaired) electrons. The van der Waals surface area contributed by atoms with Crippen LogP contribution in [0, 0.1) is 0 Å². The van der Waals surface area contributed by atoms with Gasteiger partial charge < -0.3 is 9.80 Å². The number of fused-ring (bicyclic) bond motifs is 9. The van der Waals surface area contributed by atoms with Crippen molar-refractivity contribution in [3.05, 3.63) is 489 Å². The second kappa shape index (κ2) is 34.9. The van der Waals surface area contributed by atoms with Gasteiger partial charge in [-0.15, -0.1) is 0 Å². The molecular weight excluding hydrogens is 1530 g/mol. The van der Waals surface area contributed by atoms with Crippen molar-refractivity contribution in [3.8, 4) is 55.6 Å². The molecule has 16 aromatic rings. The van der Waals surface area contributed by atoms with Crippen molar-refractivity contribution in [1.82, 2.24) is 0 Å². The van der Waals surface area contributed by atoms with Gasteiger partial charge in [0.15, 0.2) is 0 Å². The molecule has 0 aliphatic heterocycles. The molecule has 19 rings (SSSR count). The average molecular weight is 1650 g/mol. The summed E-state index contributed by atoms with van der Waals surface area (Å²) in [5.74, 6) is 0. The van der Waals surface area contributed by atoms with Gasteiger partial charge in [0.25, 0.3) is 0 Å². The molecule has 0 fully saturated rings. The first-order chi connectivity index (χ1) is 62.0. The third-order valence-corrected chi connectivity index (χ3v) is 28.1. The van der Waals surface area contributed by atoms with Gasteiger partial charge in [-0.25, -0.2) is 0 Å². The molecule has 0 saturated carbocycles. The number of nitrogens with zero attached hydrogens (tertiary/aromatic N) is 2. The standard InChI is InChI=1S/C125H116N2/c1-11-15-17-21-31-89-49-59-101(60-50-89)125(102-61-51-90(52-62-102)32-22-18-16-12-2)119-81-95(93-53-71-105(72-54-93)126(103-33-23-19-24-34-103)107-75-79-111-109-37-27-29-39-115(109)123(117(111)83-107,85-91-45-41-87(13-3)42-46-91)99-67-63-97(64-68-99)121(5,6)7)57-77-113(119)114-78-58-96(82-120(114)125)94-55-73-106(74-56-94)127(104-35-25-20-26-36-104)108-76-80-112-110-38-28-30-40-116(110)124(118(112)84-108,86-92-47-43-88(14-4)44-48-92)100-69-65-98(66-70-100)122(8,9)10/h13-14,19-20,23-30,33-84H,3-4,11-12,15-18,21-22,31-32,85-86H2,1-2,5-10H3/t123-,124?/m0/s1. The summed E-state index contributed by atoms with van der Waals surface area (Å²) in [7, 11) is 0. The highest BCUT2D eigenvalue weighted by molar-refractivity contribution is 5.94. The molecule has 0 saturated heterocycles. The highest BCUT2D eigenvalue weighted by Gasteiger charge is 2.49. The Kier molecular flexibility index (Phi) is 22.8. The summed E-state index contributed by atoms with van der Waals surface area (Å²) in [6, 6.07) is 145. The SMILES string of the molecule is C=Cc1ccc(CC2(c3ccc(C(C)(C)C)cc3)c3ccccc3-c3ccc(N(c4ccccc4)c4ccc(-c5ccc6c(c5)C(c5ccc(CCCCCC)cc5)(c5ccc(CCCCCC)cc5)c5cc(-c7ccc(N(c8ccccc8)c8ccc9c(c8)[C@@](Cc8ccc(C=C)cc8)(c8ccc(C(C)(C)C)cc8)c8ccccc8-9)cc7)ccc5-6)cc4)cc32)cc1. The average Bonchev–Trinajstić information content (AvgIpc) is 1.56. The van der Waals surface area contributed by atoms with E-state index in [2.05, 4.69) is 454 Å². The molecule has 127 heavy (non-hydrogen) atoms. The van der Waals surface area contributed by atoms with E-state index in [0.29, 0.717) is 0 Å². The van der Waals surface area contributed by atoms with Crippen LogP contribution in [-0.4, -0.2) is 0 Å². The van der Waals surface area contributed by atoms with Gasteiger partial charge in [0.1, 0.15) is 0 Å². The largest absolute Gasteiger partial charge is 0.310 e. The Hall–Kier alpha value is -13.4. The minimum atomic E-state index is -0.690. The maximum atomic E-state index is 4.12. The van der Waals surface area contributed by atoms with Crippen molar-refractivity contribution in [2.75, 3.05) is 9.80 Å². The van der Waals surface area contributed by atoms with Crippen LogP contribution in [0.2, 0.25) is 0 Å². The summed E-state index contributed by atoms with van der Waals surface area (Å²) in [6.07, 6.45) is 17.4. The number of benzene rings is 16. The maximum absolute atomic E-state index is 4.12. The number of hydrogen-bond acceptors (Lipinski definition) is 2. The molecule has 626 valence electrons. The van der Waals surface area contributed by atoms with Crippen LogP contribution in [0.5, 0.6) is 0 Å². The summed E-state index contributed by atoms with van der Waals surface area (Å²) < 4.78 is 0. The van der Waals surface area contributed by atoms with Gasteiger partial charge in [-0.1, -0.05) is 410 Å². The van der Waals surface area contributed by atoms with Crippen molar-refractivity contribution >= 4 is 46.3 Å². The number of unbranched alkanes of at least 4 members (excludes halogenated alkanes) is 6. The normalized spacial score (nSPS) is 15.0. The van der Waals surface area contributed by atoms with Crippen molar-refractivity contribution in [3.63, 3.8) is 0 Å². The van der Waals surface area contributed by atoms with Gasteiger partial charge in [-0.3, -0.25) is 0 Å². The molecule has 2 nitrogen and oxygen atoms in total. The van der Waals surface area contributed by atoms with E-state index in [-0.39, 0.29) is 10.8 Å². The molecule has 0 amide bonds. The van der Waals surface area contributed by atoms with Gasteiger partial charge >= 0.3 is 0 Å². The lowest BCUT2D eigenvalue weighted by Gasteiger charge is -2.35. The molecule has 2 heteroatoms. The molecule has 1 unspecified atom stereocenters. The first-order valence-electron chi connectivity index (χ1n) is 46.5. The van der Waals surface area contributed by atoms with Gasteiger partial charge in [0.05, 0.1) is 16.2 Å². The molecule has 0 spiro atoms. The zero-order chi connectivity index (χ0) is 87.0. The lowest BCUT2D eigenvalue weighted by atomic mass is 9.67. The summed E-state index contributed by atoms with van der Waals surface area (Å²) in [4.78, 5) is 4.93. The van der Waals surface area contributed by atoms with Gasteiger partial charge in [-0.2, -0.15) is 0 Å². The van der Waals surface area contributed by atoms with E-state index >= 15 is 0 Å². The Balaban J connectivity index is 0.725. The smallest absolute Gasteiger partial charge is 0.0714 e. The fourth-order valence-corrected chi connectivity index (χ4v) is 21.3. The fourth-order valence-electron chi connectivity index (χ4n) is 21.3. The second-order valence-corrected chi connectivity index (χ2v) is 38.0. The van der Waals surface area contributed by atoms with E-state index in [4.69, 9.17) is 0 Å². The van der Waals surface area contributed by atoms with Crippen LogP contribution < -0.4 is 9.80 Å². The van der Waals surface area contributed by atoms with Crippen LogP contribution in [-0.2, 0) is 52.8 Å². The van der Waals surface area contributed by atoms with Crippen LogP contribution in [0.25, 0.3) is 67.8 Å². The molecular formula is C125H116N2. The van der Waals surface area contributed by atoms with Gasteiger partial charge in [0, 0.05) is 34.1 Å². The van der Waals surface area contributed by atoms with Crippen molar-refractivity contribution in [1.29, 1.82) is 0 Å². The highest BCUT2D eigenvalue weighted by atomic mass is 15.1. The Labute approximate surface area is 755 Å². The van der Waals surface area contributed by atoms with Crippen molar-refractivity contribution in [2.45, 2.75) is 160 Å². The second-order valence-electron chi connectivity index (χ2n) is 38.0. The molecule has 0 bridgehead atoms. The molecule has 0 aromatic heterocycles. The van der Waals surface area contributed by atoms with Crippen LogP contribution in [0.3, 0.4) is 0 Å². The summed E-state index contributed by atoms with van der Waals surface area (Å²) in [5.41, 5.74) is 40.5. The van der Waals surface area contributed by atoms with Gasteiger partial charge in [-0.05, 0) is 290 Å². The minimum Gasteiger partial charge on any atom is -0.310 e. The van der Waals surface area contributed by atoms with E-state index in [1.807, 2.05) is 12.2 Å². The minimum absolute atomic E-state index is 0.00364. The zero-order valence-electron chi connectivity index (χ0n) is 75.2. The topological polar surface area (TPSA) is 6.48 Å². The van der Waals surface area contributed by atoms with Crippen LogP contribution >= 0.6 is 0 Å². The first kappa shape index (κ1) is 83.2. The predicted molar refractivity (Wildman–Crippen MR) is 541 cm³/mol.